The highest BCUT2D eigenvalue weighted by Crippen LogP contribution is 2.57. The van der Waals surface area contributed by atoms with Crippen LogP contribution in [0.15, 0.2) is 39.6 Å². The number of rotatable bonds is 2. The first kappa shape index (κ1) is 13.4. The molecule has 0 amide bonds. The van der Waals surface area contributed by atoms with E-state index in [0.29, 0.717) is 12.0 Å². The standard InChI is InChI=1S/C19H26N2/c1-4-15-18-11-14-13-7-6-10-20-12-19(15,5-2)16(13)8-9-17(14)21(18)3/h6-7,12,15,18H,4-5,8-11H2,1-3H3/b7-6-,20-12?. The lowest BCUT2D eigenvalue weighted by Gasteiger charge is -2.48. The molecule has 0 aromatic heterocycles. The molecule has 2 heterocycles. The molecule has 0 N–H and O–H groups in total. The molecule has 0 fully saturated rings. The molecule has 0 aromatic carbocycles. The number of nitrogens with zero attached hydrogens (tertiary/aromatic N) is 2. The van der Waals surface area contributed by atoms with E-state index in [1.54, 1.807) is 22.4 Å². The molecular weight excluding hydrogens is 256 g/mol. The molecule has 0 aromatic rings. The Hall–Kier alpha value is -1.31. The maximum Gasteiger partial charge on any atom is 0.0570 e. The molecular formula is C19H26N2. The molecule has 0 saturated carbocycles. The van der Waals surface area contributed by atoms with Gasteiger partial charge in [0.2, 0.25) is 0 Å². The van der Waals surface area contributed by atoms with Gasteiger partial charge in [0.25, 0.3) is 0 Å². The van der Waals surface area contributed by atoms with Crippen LogP contribution in [-0.4, -0.2) is 30.7 Å². The predicted molar refractivity (Wildman–Crippen MR) is 88.5 cm³/mol. The van der Waals surface area contributed by atoms with Crippen molar-refractivity contribution in [1.82, 2.24) is 4.90 Å². The van der Waals surface area contributed by atoms with Gasteiger partial charge in [-0.3, -0.25) is 4.99 Å². The third-order valence-corrected chi connectivity index (χ3v) is 6.48. The second-order valence-electron chi connectivity index (χ2n) is 7.01. The quantitative estimate of drug-likeness (QED) is 0.744. The Bertz CT molecular complexity index is 593. The van der Waals surface area contributed by atoms with Gasteiger partial charge in [-0.25, -0.2) is 0 Å². The average molecular weight is 282 g/mol. The minimum atomic E-state index is 0.196. The van der Waals surface area contributed by atoms with Crippen LogP contribution in [0, 0.1) is 11.3 Å². The zero-order chi connectivity index (χ0) is 14.6. The molecule has 3 atom stereocenters. The van der Waals surface area contributed by atoms with Gasteiger partial charge in [0.15, 0.2) is 0 Å². The lowest BCUT2D eigenvalue weighted by atomic mass is 9.62. The molecule has 0 radical (unpaired) electrons. The molecule has 0 spiro atoms. The van der Waals surface area contributed by atoms with Crippen LogP contribution in [0.2, 0.25) is 0 Å². The summed E-state index contributed by atoms with van der Waals surface area (Å²) in [6, 6.07) is 0.672. The number of likely N-dealkylation sites (tertiary alicyclic amines) is 1. The highest BCUT2D eigenvalue weighted by molar-refractivity contribution is 5.75. The minimum absolute atomic E-state index is 0.196. The fraction of sp³-hybridized carbons (Fsp3) is 0.632. The summed E-state index contributed by atoms with van der Waals surface area (Å²) in [5.74, 6) is 0.697. The summed E-state index contributed by atoms with van der Waals surface area (Å²) in [4.78, 5) is 7.40. The molecule has 4 rings (SSSR count). The molecule has 2 aliphatic carbocycles. The van der Waals surface area contributed by atoms with E-state index in [9.17, 15) is 0 Å². The van der Waals surface area contributed by atoms with Gasteiger partial charge in [-0.05, 0) is 42.7 Å². The Morgan fingerprint density at radius 3 is 2.95 bits per heavy atom. The number of allylic oxidation sites excluding steroid dienone is 4. The summed E-state index contributed by atoms with van der Waals surface area (Å²) < 4.78 is 0. The highest BCUT2D eigenvalue weighted by Gasteiger charge is 2.52. The van der Waals surface area contributed by atoms with E-state index in [1.165, 1.54) is 32.1 Å². The van der Waals surface area contributed by atoms with Gasteiger partial charge in [0, 0.05) is 30.4 Å². The molecule has 5 bridgehead atoms. The van der Waals surface area contributed by atoms with E-state index >= 15 is 0 Å². The van der Waals surface area contributed by atoms with E-state index in [0.717, 1.165) is 6.54 Å². The van der Waals surface area contributed by atoms with Gasteiger partial charge >= 0.3 is 0 Å². The Balaban J connectivity index is 2.04. The van der Waals surface area contributed by atoms with Gasteiger partial charge in [-0.15, -0.1) is 0 Å². The van der Waals surface area contributed by atoms with E-state index in [1.807, 2.05) is 0 Å². The molecule has 21 heavy (non-hydrogen) atoms. The monoisotopic (exact) mass is 282 g/mol. The third-order valence-electron chi connectivity index (χ3n) is 6.48. The van der Waals surface area contributed by atoms with Crippen molar-refractivity contribution in [3.05, 3.63) is 34.6 Å². The molecule has 0 saturated heterocycles. The third kappa shape index (κ3) is 1.56. The number of hydrogen-bond donors (Lipinski definition) is 0. The smallest absolute Gasteiger partial charge is 0.0570 e. The summed E-state index contributed by atoms with van der Waals surface area (Å²) >= 11 is 0. The van der Waals surface area contributed by atoms with Crippen molar-refractivity contribution in [2.45, 2.75) is 52.0 Å². The van der Waals surface area contributed by atoms with Crippen molar-refractivity contribution in [1.29, 1.82) is 0 Å². The number of aliphatic imine (C=N–C) groups is 1. The summed E-state index contributed by atoms with van der Waals surface area (Å²) in [7, 11) is 2.33. The second-order valence-corrected chi connectivity index (χ2v) is 7.01. The van der Waals surface area contributed by atoms with Crippen LogP contribution in [0.1, 0.15) is 46.0 Å². The fourth-order valence-corrected chi connectivity index (χ4v) is 5.52. The summed E-state index contributed by atoms with van der Waals surface area (Å²) in [5.41, 5.74) is 6.76. The molecule has 4 aliphatic rings. The number of hydrogen-bond acceptors (Lipinski definition) is 2. The van der Waals surface area contributed by atoms with Crippen LogP contribution >= 0.6 is 0 Å². The highest BCUT2D eigenvalue weighted by atomic mass is 15.2. The molecule has 3 unspecified atom stereocenters. The van der Waals surface area contributed by atoms with Crippen LogP contribution in [0.4, 0.5) is 0 Å². The van der Waals surface area contributed by atoms with Gasteiger partial charge < -0.3 is 4.90 Å². The van der Waals surface area contributed by atoms with Crippen LogP contribution < -0.4 is 0 Å². The first-order chi connectivity index (χ1) is 10.2. The summed E-state index contributed by atoms with van der Waals surface area (Å²) in [6.07, 6.45) is 13.1. The maximum absolute atomic E-state index is 4.78. The number of fused-ring (bicyclic) bond motifs is 1. The van der Waals surface area contributed by atoms with Gasteiger partial charge in [0.05, 0.1) is 6.54 Å². The molecule has 112 valence electrons. The Morgan fingerprint density at radius 1 is 1.33 bits per heavy atom. The normalized spacial score (nSPS) is 38.7. The first-order valence-electron chi connectivity index (χ1n) is 8.59. The minimum Gasteiger partial charge on any atom is -0.374 e. The van der Waals surface area contributed by atoms with Crippen molar-refractivity contribution in [2.75, 3.05) is 13.6 Å². The van der Waals surface area contributed by atoms with Crippen molar-refractivity contribution < 1.29 is 0 Å². The predicted octanol–water partition coefficient (Wildman–Crippen LogP) is 4.11. The largest absolute Gasteiger partial charge is 0.374 e. The van der Waals surface area contributed by atoms with Gasteiger partial charge in [-0.1, -0.05) is 38.0 Å². The van der Waals surface area contributed by atoms with E-state index in [-0.39, 0.29) is 5.41 Å². The van der Waals surface area contributed by atoms with E-state index in [4.69, 9.17) is 4.99 Å². The molecule has 2 heteroatoms. The Morgan fingerprint density at radius 2 is 2.19 bits per heavy atom. The van der Waals surface area contributed by atoms with E-state index < -0.39 is 0 Å². The lowest BCUT2D eigenvalue weighted by molar-refractivity contribution is 0.142. The van der Waals surface area contributed by atoms with Crippen molar-refractivity contribution >= 4 is 6.21 Å². The molecule has 2 aliphatic heterocycles. The van der Waals surface area contributed by atoms with Crippen molar-refractivity contribution in [3.8, 4) is 0 Å². The molecule has 2 nitrogen and oxygen atoms in total. The van der Waals surface area contributed by atoms with Crippen LogP contribution in [0.25, 0.3) is 0 Å². The zero-order valence-electron chi connectivity index (χ0n) is 13.5. The van der Waals surface area contributed by atoms with Crippen LogP contribution in [0.3, 0.4) is 0 Å². The Kier molecular flexibility index (Phi) is 2.92. The van der Waals surface area contributed by atoms with Gasteiger partial charge in [-0.2, -0.15) is 0 Å². The van der Waals surface area contributed by atoms with Gasteiger partial charge in [0.1, 0.15) is 0 Å². The van der Waals surface area contributed by atoms with Crippen molar-refractivity contribution in [3.63, 3.8) is 0 Å². The summed E-state index contributed by atoms with van der Waals surface area (Å²) in [5, 5.41) is 0. The Labute approximate surface area is 128 Å². The summed E-state index contributed by atoms with van der Waals surface area (Å²) in [6.45, 7) is 5.59. The fourth-order valence-electron chi connectivity index (χ4n) is 5.52. The van der Waals surface area contributed by atoms with Crippen molar-refractivity contribution in [2.24, 2.45) is 16.3 Å². The SMILES string of the molecule is CCC1C2CC3=C(CCC4=C3/C=C\CN=CC41CC)N2C. The van der Waals surface area contributed by atoms with Crippen LogP contribution in [-0.2, 0) is 0 Å². The first-order valence-corrected chi connectivity index (χ1v) is 8.59. The zero-order valence-corrected chi connectivity index (χ0v) is 13.5. The lowest BCUT2D eigenvalue weighted by Crippen LogP contribution is -2.47. The second kappa shape index (κ2) is 4.59. The maximum atomic E-state index is 4.78. The topological polar surface area (TPSA) is 15.6 Å². The average Bonchev–Trinajstić information content (AvgIpc) is 2.76. The van der Waals surface area contributed by atoms with Crippen LogP contribution in [0.5, 0.6) is 0 Å². The van der Waals surface area contributed by atoms with E-state index in [2.05, 4.69) is 44.2 Å².